The molecule has 0 spiro atoms. The molecule has 37 heavy (non-hydrogen) atoms. The number of carbonyl (C=O) groups is 3. The van der Waals surface area contributed by atoms with Crippen LogP contribution in [0.25, 0.3) is 0 Å². The zero-order valence-corrected chi connectivity index (χ0v) is 22.7. The van der Waals surface area contributed by atoms with Crippen LogP contribution >= 0.6 is 0 Å². The van der Waals surface area contributed by atoms with E-state index in [-0.39, 0.29) is 43.1 Å². The molecule has 1 unspecified atom stereocenters. The summed E-state index contributed by atoms with van der Waals surface area (Å²) in [4.78, 5) is 39.0. The molecule has 3 saturated carbocycles. The average molecular weight is 536 g/mol. The van der Waals surface area contributed by atoms with Crippen LogP contribution in [0, 0.1) is 39.9 Å². The van der Waals surface area contributed by atoms with Crippen molar-refractivity contribution in [2.45, 2.75) is 58.6 Å². The summed E-state index contributed by atoms with van der Waals surface area (Å²) in [5, 5.41) is 21.9. The number of ketones is 2. The van der Waals surface area contributed by atoms with Crippen LogP contribution in [0.1, 0.15) is 46.5 Å². The summed E-state index contributed by atoms with van der Waals surface area (Å²) in [6.45, 7) is 4.73. The highest BCUT2D eigenvalue weighted by Gasteiger charge is 2.77. The fourth-order valence-electron chi connectivity index (χ4n) is 9.35. The van der Waals surface area contributed by atoms with Gasteiger partial charge >= 0.3 is 5.97 Å². The molecule has 5 rings (SSSR count). The van der Waals surface area contributed by atoms with E-state index in [0.717, 1.165) is 22.6 Å². The summed E-state index contributed by atoms with van der Waals surface area (Å²) in [6, 6.07) is -1.16. The van der Waals surface area contributed by atoms with Gasteiger partial charge in [0.1, 0.15) is 12.6 Å². The van der Waals surface area contributed by atoms with Gasteiger partial charge in [0, 0.05) is 23.8 Å². The van der Waals surface area contributed by atoms with Crippen molar-refractivity contribution in [3.63, 3.8) is 0 Å². The second-order valence-corrected chi connectivity index (χ2v) is 14.0. The molecule has 1 heterocycles. The van der Waals surface area contributed by atoms with Gasteiger partial charge in [-0.05, 0) is 62.0 Å². The predicted octanol–water partition coefficient (Wildman–Crippen LogP) is 1.25. The van der Waals surface area contributed by atoms with E-state index >= 15 is 0 Å². The first kappa shape index (κ1) is 26.7. The largest absolute Gasteiger partial charge is 0.465 e. The first-order valence-electron chi connectivity index (χ1n) is 13.2. The second-order valence-electron chi connectivity index (χ2n) is 12.1. The van der Waals surface area contributed by atoms with Crippen molar-refractivity contribution < 1.29 is 37.8 Å². The van der Waals surface area contributed by atoms with Crippen molar-refractivity contribution in [3.8, 4) is 0 Å². The zero-order valence-electron chi connectivity index (χ0n) is 21.8. The molecule has 1 aliphatic heterocycles. The van der Waals surface area contributed by atoms with Gasteiger partial charge in [-0.25, -0.2) is 8.42 Å². The van der Waals surface area contributed by atoms with Crippen LogP contribution in [-0.2, 0) is 29.1 Å². The monoisotopic (exact) mass is 535 g/mol. The lowest BCUT2D eigenvalue weighted by Gasteiger charge is -2.60. The highest BCUT2D eigenvalue weighted by Crippen LogP contribution is 2.73. The van der Waals surface area contributed by atoms with Crippen molar-refractivity contribution in [2.75, 3.05) is 26.0 Å². The summed E-state index contributed by atoms with van der Waals surface area (Å²) in [7, 11) is -3.88. The van der Waals surface area contributed by atoms with Crippen LogP contribution in [-0.4, -0.2) is 78.6 Å². The van der Waals surface area contributed by atoms with Crippen molar-refractivity contribution in [1.82, 2.24) is 4.31 Å². The van der Waals surface area contributed by atoms with Gasteiger partial charge in [0.25, 0.3) is 0 Å². The van der Waals surface area contributed by atoms with E-state index in [9.17, 15) is 33.0 Å². The molecule has 5 aliphatic rings. The number of hydrogen-bond donors (Lipinski definition) is 2. The van der Waals surface area contributed by atoms with Crippen LogP contribution in [0.4, 0.5) is 0 Å². The Morgan fingerprint density at radius 2 is 1.95 bits per heavy atom. The zero-order chi connectivity index (χ0) is 27.1. The number of allylic oxidation sites excluding steroid dienone is 4. The molecule has 4 aliphatic carbocycles. The summed E-state index contributed by atoms with van der Waals surface area (Å²) >= 11 is 0. The number of carbonyl (C=O) groups excluding carboxylic acids is 3. The second kappa shape index (κ2) is 8.56. The third kappa shape index (κ3) is 3.44. The van der Waals surface area contributed by atoms with Gasteiger partial charge in [-0.3, -0.25) is 14.4 Å². The maximum absolute atomic E-state index is 13.7. The summed E-state index contributed by atoms with van der Waals surface area (Å²) in [6.07, 6.45) is 7.43. The van der Waals surface area contributed by atoms with E-state index in [1.54, 1.807) is 19.1 Å². The van der Waals surface area contributed by atoms with Crippen molar-refractivity contribution in [3.05, 3.63) is 23.8 Å². The van der Waals surface area contributed by atoms with E-state index in [1.807, 2.05) is 13.0 Å². The number of fused-ring (bicyclic) bond motifs is 7. The lowest BCUT2D eigenvalue weighted by atomic mass is 9.44. The molecule has 204 valence electrons. The van der Waals surface area contributed by atoms with Gasteiger partial charge in [-0.1, -0.05) is 25.5 Å². The minimum absolute atomic E-state index is 0.00255. The number of aliphatic hydroxyl groups excluding tert-OH is 2. The molecule has 0 bridgehead atoms. The van der Waals surface area contributed by atoms with Crippen LogP contribution in [0.5, 0.6) is 0 Å². The standard InChI is InChI=1S/C27H37NO8S/c1-5-36-24(33)23-19-11-18-17-7-6-15-10-16(30)8-9-25(15,2)22(17)20(31)12-26(18,3)27(19,21(32)13-29)14-28(23)37(4,34)35/h8-10,17-20,22-23,29,31H,5-7,11-14H2,1-4H3/t17-,18-,19-,20-,22+,23?,25-,26-,27+/m0/s1. The molecule has 9 nitrogen and oxygen atoms in total. The molecule has 0 radical (unpaired) electrons. The molecule has 4 fully saturated rings. The van der Waals surface area contributed by atoms with Crippen LogP contribution in [0.15, 0.2) is 23.8 Å². The summed E-state index contributed by atoms with van der Waals surface area (Å²) in [5.74, 6) is -2.15. The number of Topliss-reactive ketones (excluding diaryl/α,β-unsaturated/α-hetero) is 1. The first-order chi connectivity index (χ1) is 17.3. The molecule has 0 aromatic carbocycles. The third-order valence-corrected chi connectivity index (χ3v) is 11.9. The number of nitrogens with zero attached hydrogens (tertiary/aromatic N) is 1. The average Bonchev–Trinajstić information content (AvgIpc) is 3.29. The Balaban J connectivity index is 1.64. The van der Waals surface area contributed by atoms with Gasteiger partial charge in [-0.2, -0.15) is 4.31 Å². The minimum Gasteiger partial charge on any atom is -0.465 e. The Bertz CT molecular complexity index is 1210. The van der Waals surface area contributed by atoms with E-state index in [1.165, 1.54) is 0 Å². The van der Waals surface area contributed by atoms with E-state index in [4.69, 9.17) is 4.74 Å². The fraction of sp³-hybridized carbons (Fsp3) is 0.741. The number of rotatable bonds is 5. The highest BCUT2D eigenvalue weighted by atomic mass is 32.2. The lowest BCUT2D eigenvalue weighted by Crippen LogP contribution is -2.60. The molecule has 9 atom stereocenters. The van der Waals surface area contributed by atoms with Gasteiger partial charge in [-0.15, -0.1) is 0 Å². The Morgan fingerprint density at radius 3 is 2.57 bits per heavy atom. The number of sulfonamides is 1. The Kier molecular flexibility index (Phi) is 6.18. The van der Waals surface area contributed by atoms with Crippen LogP contribution in [0.2, 0.25) is 0 Å². The molecule has 10 heteroatoms. The van der Waals surface area contributed by atoms with Gasteiger partial charge in [0.2, 0.25) is 10.0 Å². The Labute approximate surface area is 218 Å². The molecule has 0 amide bonds. The number of esters is 1. The van der Waals surface area contributed by atoms with Crippen LogP contribution < -0.4 is 0 Å². The van der Waals surface area contributed by atoms with Crippen molar-refractivity contribution in [2.24, 2.45) is 39.9 Å². The van der Waals surface area contributed by atoms with Crippen molar-refractivity contribution >= 4 is 27.6 Å². The third-order valence-electron chi connectivity index (χ3n) is 10.7. The topological polar surface area (TPSA) is 138 Å². The fourth-order valence-corrected chi connectivity index (χ4v) is 10.4. The molecular weight excluding hydrogens is 498 g/mol. The molecule has 0 aromatic rings. The minimum atomic E-state index is -3.88. The summed E-state index contributed by atoms with van der Waals surface area (Å²) < 4.78 is 32.1. The number of aliphatic hydroxyl groups is 2. The van der Waals surface area contributed by atoms with Gasteiger partial charge < -0.3 is 14.9 Å². The SMILES string of the molecule is CCOC(=O)C1[C@@H]2C[C@H]3[C@@H]4CCC5=CC(=O)C=C[C@]5(C)[C@H]4[C@@H](O)C[C@]3(C)[C@]2(C(=O)CO)CN1S(C)(=O)=O. The maximum atomic E-state index is 13.7. The number of ether oxygens (including phenoxy) is 1. The normalized spacial score (nSPS) is 44.9. The predicted molar refractivity (Wildman–Crippen MR) is 133 cm³/mol. The van der Waals surface area contributed by atoms with E-state index in [0.29, 0.717) is 12.8 Å². The molecule has 1 saturated heterocycles. The van der Waals surface area contributed by atoms with Crippen molar-refractivity contribution in [1.29, 1.82) is 0 Å². The quantitative estimate of drug-likeness (QED) is 0.502. The Morgan fingerprint density at radius 1 is 1.24 bits per heavy atom. The molecular formula is C27H37NO8S. The lowest BCUT2D eigenvalue weighted by molar-refractivity contribution is -0.158. The maximum Gasteiger partial charge on any atom is 0.324 e. The van der Waals surface area contributed by atoms with Gasteiger partial charge in [0.15, 0.2) is 11.6 Å². The smallest absolute Gasteiger partial charge is 0.324 e. The summed E-state index contributed by atoms with van der Waals surface area (Å²) in [5.41, 5.74) is -1.65. The molecule has 2 N–H and O–H groups in total. The molecule has 0 aromatic heterocycles. The highest BCUT2D eigenvalue weighted by molar-refractivity contribution is 7.88. The Hall–Kier alpha value is -1.88. The van der Waals surface area contributed by atoms with E-state index < -0.39 is 62.7 Å². The first-order valence-corrected chi connectivity index (χ1v) is 15.0. The van der Waals surface area contributed by atoms with E-state index in [2.05, 4.69) is 6.92 Å². The number of hydrogen-bond acceptors (Lipinski definition) is 8. The van der Waals surface area contributed by atoms with Crippen LogP contribution in [0.3, 0.4) is 0 Å². The van der Waals surface area contributed by atoms with Gasteiger partial charge in [0.05, 0.1) is 24.4 Å².